The van der Waals surface area contributed by atoms with Gasteiger partial charge in [0.25, 0.3) is 0 Å². The van der Waals surface area contributed by atoms with Gasteiger partial charge in [-0.05, 0) is 30.5 Å². The summed E-state index contributed by atoms with van der Waals surface area (Å²) >= 11 is 1.41. The molecular formula is C14H18N2O2S. The number of benzene rings is 1. The van der Waals surface area contributed by atoms with E-state index in [4.69, 9.17) is 5.11 Å². The van der Waals surface area contributed by atoms with E-state index in [0.717, 1.165) is 23.3 Å². The molecule has 0 saturated heterocycles. The minimum atomic E-state index is -0.753. The van der Waals surface area contributed by atoms with Crippen molar-refractivity contribution in [2.75, 3.05) is 0 Å². The summed E-state index contributed by atoms with van der Waals surface area (Å²) in [5.41, 5.74) is 3.24. The average molecular weight is 278 g/mol. The van der Waals surface area contributed by atoms with Crippen LogP contribution in [0.2, 0.25) is 0 Å². The molecule has 0 spiro atoms. The number of rotatable bonds is 6. The highest BCUT2D eigenvalue weighted by atomic mass is 32.2. The van der Waals surface area contributed by atoms with Crippen LogP contribution in [0.25, 0.3) is 11.0 Å². The Morgan fingerprint density at radius 2 is 2.26 bits per heavy atom. The molecule has 4 nitrogen and oxygen atoms in total. The number of H-pyrrole nitrogens is 1. The molecule has 1 atom stereocenters. The lowest BCUT2D eigenvalue weighted by molar-refractivity contribution is -0.136. The van der Waals surface area contributed by atoms with Crippen molar-refractivity contribution in [1.82, 2.24) is 9.97 Å². The first-order valence-electron chi connectivity index (χ1n) is 6.46. The third-order valence-corrected chi connectivity index (χ3v) is 4.45. The monoisotopic (exact) mass is 278 g/mol. The first-order valence-corrected chi connectivity index (χ1v) is 7.50. The Morgan fingerprint density at radius 3 is 2.89 bits per heavy atom. The van der Waals surface area contributed by atoms with Gasteiger partial charge in [0.2, 0.25) is 0 Å². The molecule has 2 rings (SSSR count). The summed E-state index contributed by atoms with van der Waals surface area (Å²) in [6.45, 7) is 4.00. The molecule has 2 aromatic rings. The zero-order valence-electron chi connectivity index (χ0n) is 11.1. The van der Waals surface area contributed by atoms with Gasteiger partial charge < -0.3 is 10.1 Å². The minimum Gasteiger partial charge on any atom is -0.480 e. The molecule has 19 heavy (non-hydrogen) atoms. The standard InChI is InChI=1S/C14H18N2O2S/c1-3-9-5-6-10-11(7-9)16-13(15-10)8-19-12(4-2)14(17)18/h5-7,12H,3-4,8H2,1-2H3,(H,15,16)(H,17,18). The van der Waals surface area contributed by atoms with Crippen LogP contribution in [0.4, 0.5) is 0 Å². The van der Waals surface area contributed by atoms with Gasteiger partial charge in [-0.2, -0.15) is 0 Å². The summed E-state index contributed by atoms with van der Waals surface area (Å²) < 4.78 is 0. The average Bonchev–Trinajstić information content (AvgIpc) is 2.80. The maximum absolute atomic E-state index is 11.0. The number of aliphatic carboxylic acids is 1. The van der Waals surface area contributed by atoms with Gasteiger partial charge in [0.05, 0.1) is 16.8 Å². The maximum Gasteiger partial charge on any atom is 0.316 e. The lowest BCUT2D eigenvalue weighted by Crippen LogP contribution is -2.15. The van der Waals surface area contributed by atoms with Crippen molar-refractivity contribution < 1.29 is 9.90 Å². The van der Waals surface area contributed by atoms with Crippen molar-refractivity contribution >= 4 is 28.8 Å². The fourth-order valence-electron chi connectivity index (χ4n) is 1.94. The lowest BCUT2D eigenvalue weighted by atomic mass is 10.1. The third-order valence-electron chi connectivity index (χ3n) is 3.07. The number of aromatic nitrogens is 2. The van der Waals surface area contributed by atoms with Gasteiger partial charge in [-0.25, -0.2) is 4.98 Å². The number of fused-ring (bicyclic) bond motifs is 1. The molecule has 0 radical (unpaired) electrons. The summed E-state index contributed by atoms with van der Waals surface area (Å²) in [6, 6.07) is 6.19. The highest BCUT2D eigenvalue weighted by Crippen LogP contribution is 2.21. The van der Waals surface area contributed by atoms with Crippen LogP contribution in [0.5, 0.6) is 0 Å². The number of carboxylic acid groups (broad SMARTS) is 1. The molecule has 0 aliphatic carbocycles. The van der Waals surface area contributed by atoms with E-state index >= 15 is 0 Å². The van der Waals surface area contributed by atoms with Crippen LogP contribution in [-0.2, 0) is 17.0 Å². The van der Waals surface area contributed by atoms with Crippen LogP contribution in [0.1, 0.15) is 31.7 Å². The van der Waals surface area contributed by atoms with E-state index < -0.39 is 5.97 Å². The molecule has 0 bridgehead atoms. The first-order chi connectivity index (χ1) is 9.13. The Bertz CT molecular complexity index is 580. The topological polar surface area (TPSA) is 66.0 Å². The fraction of sp³-hybridized carbons (Fsp3) is 0.429. The normalized spacial score (nSPS) is 12.7. The summed E-state index contributed by atoms with van der Waals surface area (Å²) in [5, 5.41) is 8.65. The molecule has 102 valence electrons. The van der Waals surface area contributed by atoms with Crippen molar-refractivity contribution in [3.8, 4) is 0 Å². The number of hydrogen-bond donors (Lipinski definition) is 2. The third kappa shape index (κ3) is 3.29. The Morgan fingerprint density at radius 1 is 1.47 bits per heavy atom. The first kappa shape index (κ1) is 13.9. The van der Waals surface area contributed by atoms with Crippen LogP contribution >= 0.6 is 11.8 Å². The summed E-state index contributed by atoms with van der Waals surface area (Å²) in [4.78, 5) is 18.7. The fourth-order valence-corrected chi connectivity index (χ4v) is 2.82. The lowest BCUT2D eigenvalue weighted by Gasteiger charge is -2.07. The quantitative estimate of drug-likeness (QED) is 0.851. The predicted molar refractivity (Wildman–Crippen MR) is 78.5 cm³/mol. The second-order valence-electron chi connectivity index (χ2n) is 4.43. The van der Waals surface area contributed by atoms with Crippen molar-refractivity contribution in [3.63, 3.8) is 0 Å². The maximum atomic E-state index is 11.0. The van der Waals surface area contributed by atoms with Gasteiger partial charge in [0.1, 0.15) is 11.1 Å². The highest BCUT2D eigenvalue weighted by Gasteiger charge is 2.16. The number of carboxylic acids is 1. The van der Waals surface area contributed by atoms with Gasteiger partial charge in [0, 0.05) is 0 Å². The zero-order valence-corrected chi connectivity index (χ0v) is 12.0. The van der Waals surface area contributed by atoms with E-state index in [9.17, 15) is 4.79 Å². The summed E-state index contributed by atoms with van der Waals surface area (Å²) in [6.07, 6.45) is 1.62. The number of aryl methyl sites for hydroxylation is 1. The molecule has 0 fully saturated rings. The molecule has 1 aromatic heterocycles. The predicted octanol–water partition coefficient (Wildman–Crippen LogP) is 3.22. The molecule has 0 amide bonds. The molecule has 0 aliphatic rings. The van der Waals surface area contributed by atoms with Crippen molar-refractivity contribution in [2.45, 2.75) is 37.7 Å². The summed E-state index contributed by atoms with van der Waals surface area (Å²) in [5.74, 6) is 0.686. The zero-order chi connectivity index (χ0) is 13.8. The minimum absolute atomic E-state index is 0.362. The van der Waals surface area contributed by atoms with Crippen LogP contribution in [-0.4, -0.2) is 26.3 Å². The van der Waals surface area contributed by atoms with Crippen LogP contribution < -0.4 is 0 Å². The van der Waals surface area contributed by atoms with E-state index in [-0.39, 0.29) is 5.25 Å². The SMILES string of the molecule is CCc1ccc2nc(CSC(CC)C(=O)O)[nH]c2c1. The number of imidazole rings is 1. The van der Waals surface area contributed by atoms with Gasteiger partial charge in [0.15, 0.2) is 0 Å². The van der Waals surface area contributed by atoms with E-state index in [2.05, 4.69) is 29.0 Å². The van der Waals surface area contributed by atoms with Gasteiger partial charge in [-0.3, -0.25) is 4.79 Å². The number of aromatic amines is 1. The molecular weight excluding hydrogens is 260 g/mol. The Kier molecular flexibility index (Phi) is 4.47. The van der Waals surface area contributed by atoms with Crippen LogP contribution in [0, 0.1) is 0 Å². The number of carbonyl (C=O) groups is 1. The molecule has 0 saturated carbocycles. The highest BCUT2D eigenvalue weighted by molar-refractivity contribution is 7.99. The van der Waals surface area contributed by atoms with Crippen LogP contribution in [0.15, 0.2) is 18.2 Å². The number of thioether (sulfide) groups is 1. The van der Waals surface area contributed by atoms with E-state index in [1.807, 2.05) is 13.0 Å². The second kappa shape index (κ2) is 6.10. The Labute approximate surface area is 116 Å². The number of hydrogen-bond acceptors (Lipinski definition) is 3. The van der Waals surface area contributed by atoms with Crippen molar-refractivity contribution in [2.24, 2.45) is 0 Å². The number of nitrogens with one attached hydrogen (secondary N) is 1. The molecule has 1 heterocycles. The molecule has 1 unspecified atom stereocenters. The van der Waals surface area contributed by atoms with Gasteiger partial charge in [-0.15, -0.1) is 11.8 Å². The molecule has 5 heteroatoms. The van der Waals surface area contributed by atoms with E-state index in [1.165, 1.54) is 17.3 Å². The van der Waals surface area contributed by atoms with Gasteiger partial charge >= 0.3 is 5.97 Å². The Hall–Kier alpha value is -1.49. The largest absolute Gasteiger partial charge is 0.480 e. The number of nitrogens with zero attached hydrogens (tertiary/aromatic N) is 1. The molecule has 1 aromatic carbocycles. The Balaban J connectivity index is 2.11. The van der Waals surface area contributed by atoms with E-state index in [1.54, 1.807) is 0 Å². The summed E-state index contributed by atoms with van der Waals surface area (Å²) in [7, 11) is 0. The van der Waals surface area contributed by atoms with Gasteiger partial charge in [-0.1, -0.05) is 19.9 Å². The second-order valence-corrected chi connectivity index (χ2v) is 5.63. The molecule has 0 aliphatic heterocycles. The molecule has 2 N–H and O–H groups in total. The van der Waals surface area contributed by atoms with E-state index in [0.29, 0.717) is 12.2 Å². The smallest absolute Gasteiger partial charge is 0.316 e. The van der Waals surface area contributed by atoms with Crippen molar-refractivity contribution in [1.29, 1.82) is 0 Å². The van der Waals surface area contributed by atoms with Crippen molar-refractivity contribution in [3.05, 3.63) is 29.6 Å². The van der Waals surface area contributed by atoms with Crippen LogP contribution in [0.3, 0.4) is 0 Å².